The van der Waals surface area contributed by atoms with Crippen LogP contribution in [-0.2, 0) is 4.74 Å². The van der Waals surface area contributed by atoms with E-state index in [9.17, 15) is 18.4 Å². The highest BCUT2D eigenvalue weighted by Crippen LogP contribution is 2.38. The molecule has 1 saturated heterocycles. The van der Waals surface area contributed by atoms with Gasteiger partial charge in [-0.1, -0.05) is 35.3 Å². The molecule has 32 heavy (non-hydrogen) atoms. The lowest BCUT2D eigenvalue weighted by molar-refractivity contribution is 0.0882. The second-order valence-corrected chi connectivity index (χ2v) is 7.81. The van der Waals surface area contributed by atoms with E-state index in [4.69, 9.17) is 27.9 Å². The number of rotatable bonds is 7. The third-order valence-corrected chi connectivity index (χ3v) is 5.45. The fraction of sp³-hybridized carbons (Fsp3) is 0.190. The van der Waals surface area contributed by atoms with Crippen LogP contribution in [-0.4, -0.2) is 28.6 Å². The van der Waals surface area contributed by atoms with Crippen LogP contribution >= 0.6 is 23.2 Å². The van der Waals surface area contributed by atoms with Crippen LogP contribution in [0.15, 0.2) is 53.5 Å². The number of anilines is 1. The molecule has 1 aliphatic heterocycles. The Hall–Kier alpha value is -2.85. The first-order chi connectivity index (χ1) is 15.3. The molecule has 0 radical (unpaired) electrons. The Kier molecular flexibility index (Phi) is 6.25. The van der Waals surface area contributed by atoms with Crippen LogP contribution in [0.5, 0.6) is 0 Å². The van der Waals surface area contributed by atoms with Gasteiger partial charge in [-0.25, -0.2) is 13.6 Å². The molecule has 2 heterocycles. The molecule has 1 aromatic heterocycles. The van der Waals surface area contributed by atoms with Crippen molar-refractivity contribution in [2.45, 2.75) is 18.5 Å². The van der Waals surface area contributed by atoms with Gasteiger partial charge in [0.25, 0.3) is 0 Å². The fourth-order valence-corrected chi connectivity index (χ4v) is 3.44. The van der Waals surface area contributed by atoms with Crippen molar-refractivity contribution in [1.29, 1.82) is 0 Å². The van der Waals surface area contributed by atoms with Crippen LogP contribution in [0.3, 0.4) is 0 Å². The maximum atomic E-state index is 14.4. The predicted octanol–water partition coefficient (Wildman–Crippen LogP) is 3.94. The number of ether oxygens (including phenoxy) is 1. The Bertz CT molecular complexity index is 1240. The summed E-state index contributed by atoms with van der Waals surface area (Å²) in [5, 5.41) is 5.73. The van der Waals surface area contributed by atoms with Gasteiger partial charge < -0.3 is 10.1 Å². The van der Waals surface area contributed by atoms with Crippen molar-refractivity contribution >= 4 is 34.8 Å². The number of epoxide rings is 1. The number of benzene rings is 2. The SMILES string of the molecule is CNc1nc(=O)n(C(NC2OC2c2ccc(Cl)cc2)C(=O)c2ccc(Cl)c(F)c2)cc1F. The smallest absolute Gasteiger partial charge is 0.351 e. The maximum absolute atomic E-state index is 14.4. The summed E-state index contributed by atoms with van der Waals surface area (Å²) in [7, 11) is 1.40. The lowest BCUT2D eigenvalue weighted by Gasteiger charge is -2.20. The standard InChI is InChI=1S/C21H16Cl2F2N4O3/c1-26-18-15(25)9-29(21(31)27-18)19(16(30)11-4-7-13(23)14(24)8-11)28-20-17(32-20)10-2-5-12(22)6-3-10/h2-9,17,19-20,28H,1H3,(H,26,27,31). The molecule has 2 N–H and O–H groups in total. The van der Waals surface area contributed by atoms with Gasteiger partial charge in [0.15, 0.2) is 17.8 Å². The number of nitrogens with zero attached hydrogens (tertiary/aromatic N) is 2. The number of carbonyl (C=O) groups excluding carboxylic acids is 1. The molecule has 0 aliphatic carbocycles. The van der Waals surface area contributed by atoms with Crippen molar-refractivity contribution < 1.29 is 18.3 Å². The third-order valence-electron chi connectivity index (χ3n) is 4.89. The summed E-state index contributed by atoms with van der Waals surface area (Å²) in [5.74, 6) is -2.62. The number of aromatic nitrogens is 2. The Morgan fingerprint density at radius 1 is 1.16 bits per heavy atom. The average Bonchev–Trinajstić information content (AvgIpc) is 3.54. The largest absolute Gasteiger partial charge is 0.370 e. The van der Waals surface area contributed by atoms with Gasteiger partial charge in [0.1, 0.15) is 18.1 Å². The van der Waals surface area contributed by atoms with Crippen molar-refractivity contribution in [2.75, 3.05) is 12.4 Å². The summed E-state index contributed by atoms with van der Waals surface area (Å²) in [5.41, 5.74) is -0.171. The zero-order valence-electron chi connectivity index (χ0n) is 16.5. The van der Waals surface area contributed by atoms with E-state index in [0.717, 1.165) is 22.4 Å². The van der Waals surface area contributed by atoms with Gasteiger partial charge in [0.05, 0.1) is 11.2 Å². The summed E-state index contributed by atoms with van der Waals surface area (Å²) >= 11 is 11.6. The number of hydrogen-bond donors (Lipinski definition) is 2. The Labute approximate surface area is 190 Å². The minimum Gasteiger partial charge on any atom is -0.370 e. The van der Waals surface area contributed by atoms with E-state index >= 15 is 0 Å². The molecule has 3 atom stereocenters. The zero-order chi connectivity index (χ0) is 23.0. The molecule has 7 nitrogen and oxygen atoms in total. The van der Waals surface area contributed by atoms with E-state index in [1.807, 2.05) is 0 Å². The second kappa shape index (κ2) is 8.95. The molecule has 3 unspecified atom stereocenters. The lowest BCUT2D eigenvalue weighted by Crippen LogP contribution is -2.42. The van der Waals surface area contributed by atoms with Crippen LogP contribution in [0.4, 0.5) is 14.6 Å². The van der Waals surface area contributed by atoms with Gasteiger partial charge in [0.2, 0.25) is 5.78 Å². The minimum atomic E-state index is -1.42. The molecule has 0 spiro atoms. The van der Waals surface area contributed by atoms with Gasteiger partial charge >= 0.3 is 5.69 Å². The normalized spacial score (nSPS) is 18.3. The summed E-state index contributed by atoms with van der Waals surface area (Å²) in [6.45, 7) is 0. The lowest BCUT2D eigenvalue weighted by atomic mass is 10.1. The molecular formula is C21H16Cl2F2N4O3. The summed E-state index contributed by atoms with van der Waals surface area (Å²) in [6.07, 6.45) is -1.66. The Balaban J connectivity index is 1.68. The van der Waals surface area contributed by atoms with E-state index in [1.165, 1.54) is 19.2 Å². The van der Waals surface area contributed by atoms with Crippen molar-refractivity contribution in [3.63, 3.8) is 0 Å². The van der Waals surface area contributed by atoms with Crippen LogP contribution < -0.4 is 16.3 Å². The third kappa shape index (κ3) is 4.51. The van der Waals surface area contributed by atoms with Crippen molar-refractivity contribution in [3.05, 3.63) is 92.0 Å². The van der Waals surface area contributed by atoms with Gasteiger partial charge in [0, 0.05) is 17.6 Å². The number of nitrogens with one attached hydrogen (secondary N) is 2. The van der Waals surface area contributed by atoms with Crippen LogP contribution in [0.2, 0.25) is 10.0 Å². The molecule has 166 valence electrons. The monoisotopic (exact) mass is 480 g/mol. The molecular weight excluding hydrogens is 465 g/mol. The number of halogens is 4. The zero-order valence-corrected chi connectivity index (χ0v) is 18.0. The van der Waals surface area contributed by atoms with E-state index in [2.05, 4.69) is 15.6 Å². The highest BCUT2D eigenvalue weighted by molar-refractivity contribution is 6.31. The Morgan fingerprint density at radius 2 is 1.88 bits per heavy atom. The average molecular weight is 481 g/mol. The molecule has 11 heteroatoms. The van der Waals surface area contributed by atoms with Gasteiger partial charge in [-0.05, 0) is 35.9 Å². The number of Topliss-reactive ketones (excluding diaryl/α,β-unsaturated/α-hetero) is 1. The topological polar surface area (TPSA) is 88.6 Å². The quantitative estimate of drug-likeness (QED) is 0.393. The van der Waals surface area contributed by atoms with Crippen LogP contribution in [0.1, 0.15) is 28.2 Å². The maximum Gasteiger partial charge on any atom is 0.351 e. The molecule has 0 saturated carbocycles. The molecule has 1 fully saturated rings. The molecule has 2 aromatic carbocycles. The van der Waals surface area contributed by atoms with Gasteiger partial charge in [-0.3, -0.25) is 14.7 Å². The van der Waals surface area contributed by atoms with E-state index in [0.29, 0.717) is 5.02 Å². The first-order valence-corrected chi connectivity index (χ1v) is 10.2. The summed E-state index contributed by atoms with van der Waals surface area (Å²) in [6, 6.07) is 10.4. The number of hydrogen-bond acceptors (Lipinski definition) is 6. The van der Waals surface area contributed by atoms with E-state index in [-0.39, 0.29) is 16.4 Å². The minimum absolute atomic E-state index is 0.0712. The molecule has 0 bridgehead atoms. The molecule has 1 aliphatic rings. The van der Waals surface area contributed by atoms with Gasteiger partial charge in [-0.2, -0.15) is 4.98 Å². The predicted molar refractivity (Wildman–Crippen MR) is 115 cm³/mol. The first-order valence-electron chi connectivity index (χ1n) is 9.41. The number of ketones is 1. The molecule has 4 rings (SSSR count). The van der Waals surface area contributed by atoms with E-state index in [1.54, 1.807) is 24.3 Å². The molecule has 0 amide bonds. The van der Waals surface area contributed by atoms with Crippen molar-refractivity contribution in [2.24, 2.45) is 0 Å². The highest BCUT2D eigenvalue weighted by Gasteiger charge is 2.43. The summed E-state index contributed by atoms with van der Waals surface area (Å²) < 4.78 is 34.7. The van der Waals surface area contributed by atoms with Gasteiger partial charge in [-0.15, -0.1) is 0 Å². The first kappa shape index (κ1) is 22.3. The highest BCUT2D eigenvalue weighted by atomic mass is 35.5. The van der Waals surface area contributed by atoms with Crippen molar-refractivity contribution in [3.8, 4) is 0 Å². The fourth-order valence-electron chi connectivity index (χ4n) is 3.20. The summed E-state index contributed by atoms with van der Waals surface area (Å²) in [4.78, 5) is 29.4. The second-order valence-electron chi connectivity index (χ2n) is 6.97. The molecule has 3 aromatic rings. The number of carbonyl (C=O) groups is 1. The Morgan fingerprint density at radius 3 is 2.53 bits per heavy atom. The van der Waals surface area contributed by atoms with Crippen LogP contribution in [0, 0.1) is 11.6 Å². The van der Waals surface area contributed by atoms with Crippen LogP contribution in [0.25, 0.3) is 0 Å². The van der Waals surface area contributed by atoms with Crippen molar-refractivity contribution in [1.82, 2.24) is 14.9 Å². The van der Waals surface area contributed by atoms with E-state index < -0.39 is 41.6 Å².